The molecule has 19 heavy (non-hydrogen) atoms. The highest BCUT2D eigenvalue weighted by atomic mass is 16.4. The maximum Gasteiger partial charge on any atom is 0.320 e. The Morgan fingerprint density at radius 1 is 1.05 bits per heavy atom. The average Bonchev–Trinajstić information content (AvgIpc) is 2.90. The third-order valence-electron chi connectivity index (χ3n) is 4.13. The first-order valence-corrected chi connectivity index (χ1v) is 7.05. The first-order chi connectivity index (χ1) is 9.08. The number of hydrogen-bond acceptors (Lipinski definition) is 4. The van der Waals surface area contributed by atoms with Gasteiger partial charge in [0.05, 0.1) is 6.54 Å². The topological polar surface area (TPSA) is 64.1 Å². The summed E-state index contributed by atoms with van der Waals surface area (Å²) in [6, 6.07) is -0.462. The maximum atomic E-state index is 12.1. The molecule has 2 heterocycles. The Labute approximate surface area is 114 Å². The van der Waals surface area contributed by atoms with E-state index >= 15 is 0 Å². The first-order valence-electron chi connectivity index (χ1n) is 7.05. The van der Waals surface area contributed by atoms with E-state index in [-0.39, 0.29) is 5.91 Å². The Bertz CT molecular complexity index is 334. The van der Waals surface area contributed by atoms with E-state index < -0.39 is 12.0 Å². The predicted molar refractivity (Wildman–Crippen MR) is 70.9 cm³/mol. The number of amides is 1. The summed E-state index contributed by atoms with van der Waals surface area (Å²) in [5.41, 5.74) is 0. The smallest absolute Gasteiger partial charge is 0.320 e. The van der Waals surface area contributed by atoms with Crippen molar-refractivity contribution in [3.05, 3.63) is 0 Å². The summed E-state index contributed by atoms with van der Waals surface area (Å²) < 4.78 is 0. The molecule has 1 unspecified atom stereocenters. The van der Waals surface area contributed by atoms with Gasteiger partial charge in [0.25, 0.3) is 0 Å². The molecular formula is C13H23N3O3. The molecule has 0 spiro atoms. The van der Waals surface area contributed by atoms with Gasteiger partial charge in [0, 0.05) is 26.2 Å². The fourth-order valence-corrected chi connectivity index (χ4v) is 2.75. The van der Waals surface area contributed by atoms with E-state index in [0.717, 1.165) is 13.1 Å². The van der Waals surface area contributed by atoms with Crippen LogP contribution in [0, 0.1) is 0 Å². The maximum absolute atomic E-state index is 12.1. The van der Waals surface area contributed by atoms with E-state index in [9.17, 15) is 9.59 Å². The normalized spacial score (nSPS) is 23.5. The van der Waals surface area contributed by atoms with Gasteiger partial charge >= 0.3 is 5.97 Å². The number of aliphatic carboxylic acids is 1. The van der Waals surface area contributed by atoms with Gasteiger partial charge in [0.2, 0.25) is 5.91 Å². The molecule has 6 heteroatoms. The summed E-state index contributed by atoms with van der Waals surface area (Å²) in [7, 11) is 0. The molecule has 2 rings (SSSR count). The minimum Gasteiger partial charge on any atom is -0.480 e. The fourth-order valence-electron chi connectivity index (χ4n) is 2.75. The van der Waals surface area contributed by atoms with Crippen molar-refractivity contribution in [2.75, 3.05) is 45.8 Å². The summed E-state index contributed by atoms with van der Waals surface area (Å²) in [4.78, 5) is 29.0. The van der Waals surface area contributed by atoms with Gasteiger partial charge in [0.15, 0.2) is 0 Å². The highest BCUT2D eigenvalue weighted by molar-refractivity contribution is 5.78. The largest absolute Gasteiger partial charge is 0.480 e. The summed E-state index contributed by atoms with van der Waals surface area (Å²) in [6.07, 6.45) is 2.38. The van der Waals surface area contributed by atoms with Gasteiger partial charge in [-0.15, -0.1) is 0 Å². The molecular weight excluding hydrogens is 246 g/mol. The molecule has 0 radical (unpaired) electrons. The first kappa shape index (κ1) is 14.3. The Kier molecular flexibility index (Phi) is 4.76. The number of carboxylic acid groups (broad SMARTS) is 1. The fraction of sp³-hybridized carbons (Fsp3) is 0.846. The minimum absolute atomic E-state index is 0.185. The van der Waals surface area contributed by atoms with Crippen molar-refractivity contribution in [3.8, 4) is 0 Å². The van der Waals surface area contributed by atoms with Crippen LogP contribution in [0.2, 0.25) is 0 Å². The monoisotopic (exact) mass is 269 g/mol. The molecule has 1 amide bonds. The molecule has 1 atom stereocenters. The van der Waals surface area contributed by atoms with Crippen molar-refractivity contribution in [2.45, 2.75) is 25.8 Å². The van der Waals surface area contributed by atoms with Crippen LogP contribution in [0.4, 0.5) is 0 Å². The third-order valence-corrected chi connectivity index (χ3v) is 4.13. The van der Waals surface area contributed by atoms with E-state index in [1.54, 1.807) is 6.92 Å². The van der Waals surface area contributed by atoms with Gasteiger partial charge in [0.1, 0.15) is 6.04 Å². The minimum atomic E-state index is -0.795. The van der Waals surface area contributed by atoms with Crippen molar-refractivity contribution in [2.24, 2.45) is 0 Å². The van der Waals surface area contributed by atoms with E-state index in [1.807, 2.05) is 9.80 Å². The molecule has 0 saturated carbocycles. The molecule has 0 aromatic rings. The van der Waals surface area contributed by atoms with Gasteiger partial charge in [-0.3, -0.25) is 19.4 Å². The molecule has 2 saturated heterocycles. The Hall–Kier alpha value is -1.14. The van der Waals surface area contributed by atoms with E-state index in [2.05, 4.69) is 4.90 Å². The van der Waals surface area contributed by atoms with Crippen LogP contribution in [0.25, 0.3) is 0 Å². The Morgan fingerprint density at radius 3 is 2.16 bits per heavy atom. The molecule has 2 aliphatic heterocycles. The zero-order chi connectivity index (χ0) is 13.8. The van der Waals surface area contributed by atoms with Gasteiger partial charge in [-0.25, -0.2) is 0 Å². The number of piperazine rings is 1. The lowest BCUT2D eigenvalue weighted by Crippen LogP contribution is -2.54. The van der Waals surface area contributed by atoms with Crippen molar-refractivity contribution >= 4 is 11.9 Å². The van der Waals surface area contributed by atoms with Crippen LogP contribution in [-0.2, 0) is 9.59 Å². The van der Waals surface area contributed by atoms with Crippen LogP contribution in [0.15, 0.2) is 0 Å². The standard InChI is InChI=1S/C13H23N3O3/c1-11(13(18)19)15-6-8-16(9-7-15)12(17)10-14-4-2-3-5-14/h11H,2-10H2,1H3,(H,18,19). The quantitative estimate of drug-likeness (QED) is 0.759. The van der Waals surface area contributed by atoms with E-state index in [0.29, 0.717) is 32.7 Å². The number of nitrogens with zero attached hydrogens (tertiary/aromatic N) is 3. The summed E-state index contributed by atoms with van der Waals surface area (Å²) in [5.74, 6) is -0.610. The lowest BCUT2D eigenvalue weighted by Gasteiger charge is -2.37. The van der Waals surface area contributed by atoms with Crippen LogP contribution < -0.4 is 0 Å². The third kappa shape index (κ3) is 3.67. The average molecular weight is 269 g/mol. The zero-order valence-corrected chi connectivity index (χ0v) is 11.5. The molecule has 6 nitrogen and oxygen atoms in total. The number of carbonyl (C=O) groups excluding carboxylic acids is 1. The molecule has 0 bridgehead atoms. The van der Waals surface area contributed by atoms with Gasteiger partial charge in [-0.2, -0.15) is 0 Å². The number of likely N-dealkylation sites (tertiary alicyclic amines) is 1. The van der Waals surface area contributed by atoms with Gasteiger partial charge < -0.3 is 10.0 Å². The SMILES string of the molecule is CC(C(=O)O)N1CCN(C(=O)CN2CCCC2)CC1. The van der Waals surface area contributed by atoms with Gasteiger partial charge in [-0.05, 0) is 32.9 Å². The summed E-state index contributed by atoms with van der Waals surface area (Å²) in [6.45, 7) is 6.87. The van der Waals surface area contributed by atoms with Crippen molar-refractivity contribution < 1.29 is 14.7 Å². The van der Waals surface area contributed by atoms with Gasteiger partial charge in [-0.1, -0.05) is 0 Å². The van der Waals surface area contributed by atoms with Crippen LogP contribution in [0.1, 0.15) is 19.8 Å². The van der Waals surface area contributed by atoms with E-state index in [4.69, 9.17) is 5.11 Å². The van der Waals surface area contributed by atoms with Crippen molar-refractivity contribution in [3.63, 3.8) is 0 Å². The number of carbonyl (C=O) groups is 2. The highest BCUT2D eigenvalue weighted by Crippen LogP contribution is 2.10. The van der Waals surface area contributed by atoms with Crippen molar-refractivity contribution in [1.29, 1.82) is 0 Å². The molecule has 2 fully saturated rings. The second kappa shape index (κ2) is 6.34. The summed E-state index contributed by atoms with van der Waals surface area (Å²) in [5, 5.41) is 8.97. The molecule has 1 N–H and O–H groups in total. The highest BCUT2D eigenvalue weighted by Gasteiger charge is 2.28. The lowest BCUT2D eigenvalue weighted by molar-refractivity contribution is -0.144. The predicted octanol–water partition coefficient (Wildman–Crippen LogP) is -0.300. The number of rotatable bonds is 4. The molecule has 0 aromatic heterocycles. The second-order valence-electron chi connectivity index (χ2n) is 5.41. The number of hydrogen-bond donors (Lipinski definition) is 1. The van der Waals surface area contributed by atoms with Crippen LogP contribution in [0.3, 0.4) is 0 Å². The zero-order valence-electron chi connectivity index (χ0n) is 11.5. The van der Waals surface area contributed by atoms with Crippen molar-refractivity contribution in [1.82, 2.24) is 14.7 Å². The van der Waals surface area contributed by atoms with E-state index in [1.165, 1.54) is 12.8 Å². The molecule has 108 valence electrons. The van der Waals surface area contributed by atoms with Crippen LogP contribution >= 0.6 is 0 Å². The second-order valence-corrected chi connectivity index (χ2v) is 5.41. The number of carboxylic acids is 1. The van der Waals surface area contributed by atoms with Crippen LogP contribution in [-0.4, -0.2) is 83.5 Å². The molecule has 0 aliphatic carbocycles. The molecule has 0 aromatic carbocycles. The Morgan fingerprint density at radius 2 is 1.63 bits per heavy atom. The summed E-state index contributed by atoms with van der Waals surface area (Å²) >= 11 is 0. The van der Waals surface area contributed by atoms with Crippen LogP contribution in [0.5, 0.6) is 0 Å². The Balaban J connectivity index is 1.76. The molecule has 2 aliphatic rings. The lowest BCUT2D eigenvalue weighted by atomic mass is 10.2.